The predicted octanol–water partition coefficient (Wildman–Crippen LogP) is 3.00. The Morgan fingerprint density at radius 2 is 1.85 bits per heavy atom. The standard InChI is InChI=1S/C14H21ClN2O.2ClH/c15-14-5-2-1-4-13(14)12-16-6-3-7-17-8-10-18-11-9-17;;/h1-2,4-5,16H,3,6-12H2;2*1H. The zero-order valence-electron chi connectivity index (χ0n) is 11.5. The summed E-state index contributed by atoms with van der Waals surface area (Å²) in [6.07, 6.45) is 1.17. The third kappa shape index (κ3) is 7.11. The van der Waals surface area contributed by atoms with Gasteiger partial charge in [-0.25, -0.2) is 0 Å². The molecule has 1 N–H and O–H groups in total. The van der Waals surface area contributed by atoms with Crippen LogP contribution in [0.4, 0.5) is 0 Å². The molecule has 1 heterocycles. The number of rotatable bonds is 6. The van der Waals surface area contributed by atoms with Gasteiger partial charge in [0.05, 0.1) is 13.2 Å². The number of halogens is 3. The topological polar surface area (TPSA) is 24.5 Å². The van der Waals surface area contributed by atoms with Crippen molar-refractivity contribution in [1.29, 1.82) is 0 Å². The fourth-order valence-corrected chi connectivity index (χ4v) is 2.32. The lowest BCUT2D eigenvalue weighted by atomic mass is 10.2. The van der Waals surface area contributed by atoms with Gasteiger partial charge in [-0.2, -0.15) is 0 Å². The van der Waals surface area contributed by atoms with Gasteiger partial charge in [0, 0.05) is 24.7 Å². The van der Waals surface area contributed by atoms with Crippen LogP contribution in [0.3, 0.4) is 0 Å². The molecule has 20 heavy (non-hydrogen) atoms. The van der Waals surface area contributed by atoms with E-state index in [4.69, 9.17) is 16.3 Å². The van der Waals surface area contributed by atoms with Crippen molar-refractivity contribution in [3.63, 3.8) is 0 Å². The molecule has 2 rings (SSSR count). The molecule has 6 heteroatoms. The first-order chi connectivity index (χ1) is 8.86. The van der Waals surface area contributed by atoms with E-state index in [-0.39, 0.29) is 24.8 Å². The van der Waals surface area contributed by atoms with Gasteiger partial charge in [-0.3, -0.25) is 4.90 Å². The molecule has 1 aliphatic rings. The minimum absolute atomic E-state index is 0. The second-order valence-corrected chi connectivity index (χ2v) is 4.98. The summed E-state index contributed by atoms with van der Waals surface area (Å²) in [6.45, 7) is 6.94. The molecule has 0 aliphatic carbocycles. The van der Waals surface area contributed by atoms with Crippen molar-refractivity contribution in [2.24, 2.45) is 0 Å². The molecular weight excluding hydrogens is 319 g/mol. The number of nitrogens with one attached hydrogen (secondary N) is 1. The van der Waals surface area contributed by atoms with Crippen LogP contribution in [-0.4, -0.2) is 44.3 Å². The number of benzene rings is 1. The summed E-state index contributed by atoms with van der Waals surface area (Å²) in [4.78, 5) is 2.46. The molecule has 116 valence electrons. The maximum atomic E-state index is 6.10. The van der Waals surface area contributed by atoms with Crippen LogP contribution in [0.15, 0.2) is 24.3 Å². The van der Waals surface area contributed by atoms with E-state index in [1.54, 1.807) is 0 Å². The van der Waals surface area contributed by atoms with Gasteiger partial charge in [0.2, 0.25) is 0 Å². The second kappa shape index (κ2) is 11.6. The molecule has 0 unspecified atom stereocenters. The van der Waals surface area contributed by atoms with Crippen molar-refractivity contribution in [2.75, 3.05) is 39.4 Å². The molecule has 1 aliphatic heterocycles. The molecule has 1 fully saturated rings. The largest absolute Gasteiger partial charge is 0.379 e. The van der Waals surface area contributed by atoms with Gasteiger partial charge < -0.3 is 10.1 Å². The summed E-state index contributed by atoms with van der Waals surface area (Å²) in [7, 11) is 0. The first-order valence-electron chi connectivity index (χ1n) is 6.60. The summed E-state index contributed by atoms with van der Waals surface area (Å²) in [5.41, 5.74) is 1.17. The maximum Gasteiger partial charge on any atom is 0.0594 e. The lowest BCUT2D eigenvalue weighted by molar-refractivity contribution is 0.0374. The summed E-state index contributed by atoms with van der Waals surface area (Å²) in [6, 6.07) is 7.99. The highest BCUT2D eigenvalue weighted by Gasteiger charge is 2.08. The summed E-state index contributed by atoms with van der Waals surface area (Å²) < 4.78 is 5.33. The van der Waals surface area contributed by atoms with Crippen LogP contribution in [-0.2, 0) is 11.3 Å². The van der Waals surface area contributed by atoms with E-state index in [1.165, 1.54) is 12.0 Å². The molecule has 0 atom stereocenters. The number of hydrogen-bond acceptors (Lipinski definition) is 3. The Bertz CT molecular complexity index is 360. The summed E-state index contributed by atoms with van der Waals surface area (Å²) >= 11 is 6.10. The van der Waals surface area contributed by atoms with Crippen LogP contribution < -0.4 is 5.32 Å². The summed E-state index contributed by atoms with van der Waals surface area (Å²) in [5, 5.41) is 4.29. The Kier molecular flexibility index (Phi) is 11.6. The van der Waals surface area contributed by atoms with Crippen LogP contribution in [0.2, 0.25) is 5.02 Å². The van der Waals surface area contributed by atoms with Gasteiger partial charge >= 0.3 is 0 Å². The van der Waals surface area contributed by atoms with Gasteiger partial charge in [0.15, 0.2) is 0 Å². The molecule has 0 aromatic heterocycles. The SMILES string of the molecule is Cl.Cl.Clc1ccccc1CNCCCN1CCOCC1. The van der Waals surface area contributed by atoms with Crippen molar-refractivity contribution in [1.82, 2.24) is 10.2 Å². The second-order valence-electron chi connectivity index (χ2n) is 4.58. The van der Waals surface area contributed by atoms with Crippen molar-refractivity contribution < 1.29 is 4.74 Å². The molecule has 0 saturated carbocycles. The van der Waals surface area contributed by atoms with Gasteiger partial charge in [-0.05, 0) is 31.1 Å². The van der Waals surface area contributed by atoms with Crippen LogP contribution in [0.5, 0.6) is 0 Å². The Morgan fingerprint density at radius 1 is 1.15 bits per heavy atom. The minimum Gasteiger partial charge on any atom is -0.379 e. The van der Waals surface area contributed by atoms with E-state index < -0.39 is 0 Å². The molecule has 0 bridgehead atoms. The maximum absolute atomic E-state index is 6.10. The molecule has 3 nitrogen and oxygen atoms in total. The molecule has 1 saturated heterocycles. The summed E-state index contributed by atoms with van der Waals surface area (Å²) in [5.74, 6) is 0. The zero-order valence-corrected chi connectivity index (χ0v) is 13.9. The molecule has 1 aromatic rings. The highest BCUT2D eigenvalue weighted by Crippen LogP contribution is 2.14. The molecule has 1 aromatic carbocycles. The molecule has 0 radical (unpaired) electrons. The van der Waals surface area contributed by atoms with Crippen molar-refractivity contribution >= 4 is 36.4 Å². The van der Waals surface area contributed by atoms with E-state index in [0.29, 0.717) is 0 Å². The Labute approximate surface area is 138 Å². The van der Waals surface area contributed by atoms with E-state index in [0.717, 1.165) is 51.0 Å². The van der Waals surface area contributed by atoms with Crippen LogP contribution in [0.1, 0.15) is 12.0 Å². The van der Waals surface area contributed by atoms with E-state index in [9.17, 15) is 0 Å². The smallest absolute Gasteiger partial charge is 0.0594 e. The quantitative estimate of drug-likeness (QED) is 0.805. The van der Waals surface area contributed by atoms with Crippen molar-refractivity contribution in [2.45, 2.75) is 13.0 Å². The lowest BCUT2D eigenvalue weighted by Gasteiger charge is -2.26. The van der Waals surface area contributed by atoms with Gasteiger partial charge in [0.1, 0.15) is 0 Å². The normalized spacial score (nSPS) is 15.2. The Morgan fingerprint density at radius 3 is 2.55 bits per heavy atom. The van der Waals surface area contributed by atoms with Gasteiger partial charge in [-0.1, -0.05) is 29.8 Å². The van der Waals surface area contributed by atoms with E-state index in [1.807, 2.05) is 18.2 Å². The Hall–Kier alpha value is -0.0300. The number of morpholine rings is 1. The average molecular weight is 342 g/mol. The highest BCUT2D eigenvalue weighted by molar-refractivity contribution is 6.31. The zero-order chi connectivity index (χ0) is 12.6. The predicted molar refractivity (Wildman–Crippen MR) is 89.5 cm³/mol. The lowest BCUT2D eigenvalue weighted by Crippen LogP contribution is -2.37. The Balaban J connectivity index is 0.00000180. The number of ether oxygens (including phenoxy) is 1. The highest BCUT2D eigenvalue weighted by atomic mass is 35.5. The molecule has 0 amide bonds. The number of nitrogens with zero attached hydrogens (tertiary/aromatic N) is 1. The minimum atomic E-state index is 0. The van der Waals surface area contributed by atoms with Crippen molar-refractivity contribution in [3.8, 4) is 0 Å². The monoisotopic (exact) mass is 340 g/mol. The third-order valence-electron chi connectivity index (χ3n) is 3.20. The fraction of sp³-hybridized carbons (Fsp3) is 0.571. The van der Waals surface area contributed by atoms with Gasteiger partial charge in [-0.15, -0.1) is 24.8 Å². The number of hydrogen-bond donors (Lipinski definition) is 1. The third-order valence-corrected chi connectivity index (χ3v) is 3.57. The van der Waals surface area contributed by atoms with Crippen molar-refractivity contribution in [3.05, 3.63) is 34.9 Å². The van der Waals surface area contributed by atoms with E-state index >= 15 is 0 Å². The van der Waals surface area contributed by atoms with Gasteiger partial charge in [0.25, 0.3) is 0 Å². The van der Waals surface area contributed by atoms with Crippen LogP contribution in [0, 0.1) is 0 Å². The first-order valence-corrected chi connectivity index (χ1v) is 6.98. The molecule has 0 spiro atoms. The first kappa shape index (κ1) is 20.0. The fourth-order valence-electron chi connectivity index (χ4n) is 2.12. The van der Waals surface area contributed by atoms with E-state index in [2.05, 4.69) is 16.3 Å². The molecular formula is C14H23Cl3N2O. The van der Waals surface area contributed by atoms with Crippen LogP contribution in [0.25, 0.3) is 0 Å². The van der Waals surface area contributed by atoms with Crippen LogP contribution >= 0.6 is 36.4 Å². The average Bonchev–Trinajstić information content (AvgIpc) is 2.42.